The van der Waals surface area contributed by atoms with Crippen LogP contribution in [0.15, 0.2) is 30.3 Å². The fourth-order valence-corrected chi connectivity index (χ4v) is 2.31. The predicted octanol–water partition coefficient (Wildman–Crippen LogP) is 5.89. The first-order chi connectivity index (χ1) is 8.19. The highest BCUT2D eigenvalue weighted by atomic mass is 35.6. The summed E-state index contributed by atoms with van der Waals surface area (Å²) in [6, 6.07) is 8.66. The third-order valence-corrected chi connectivity index (χ3v) is 3.50. The molecule has 0 amide bonds. The van der Waals surface area contributed by atoms with Crippen molar-refractivity contribution in [2.75, 3.05) is 0 Å². The van der Waals surface area contributed by atoms with Crippen LogP contribution in [0.2, 0.25) is 0 Å². The van der Waals surface area contributed by atoms with E-state index in [1.54, 1.807) is 18.2 Å². The number of hydrogen-bond acceptors (Lipinski definition) is 1. The lowest BCUT2D eigenvalue weighted by Crippen LogP contribution is -2.09. The number of hydrogen-bond donors (Lipinski definition) is 0. The van der Waals surface area contributed by atoms with E-state index in [1.165, 1.54) is 6.07 Å². The van der Waals surface area contributed by atoms with Gasteiger partial charge in [-0.15, -0.1) is 0 Å². The molecule has 0 fully saturated rings. The van der Waals surface area contributed by atoms with Gasteiger partial charge in [0.15, 0.2) is 0 Å². The highest BCUT2D eigenvalue weighted by molar-refractivity contribution is 6.68. The first-order valence-corrected chi connectivity index (χ1v) is 7.00. The molecule has 2 rings (SSSR count). The van der Waals surface area contributed by atoms with Crippen molar-refractivity contribution in [1.82, 2.24) is 4.98 Å². The van der Waals surface area contributed by atoms with E-state index in [2.05, 4.69) is 4.98 Å². The van der Waals surface area contributed by atoms with Crippen LogP contribution in [0.3, 0.4) is 0 Å². The third-order valence-electron chi connectivity index (χ3n) is 2.31. The summed E-state index contributed by atoms with van der Waals surface area (Å²) in [6.45, 7) is 0. The number of pyridine rings is 1. The highest BCUT2D eigenvalue weighted by Crippen LogP contribution is 2.45. The van der Waals surface area contributed by atoms with Gasteiger partial charge in [0, 0.05) is 10.9 Å². The van der Waals surface area contributed by atoms with Gasteiger partial charge in [0.05, 0.1) is 11.2 Å². The summed E-state index contributed by atoms with van der Waals surface area (Å²) in [5.41, 5.74) is 1.25. The Bertz CT molecular complexity index is 584. The molecule has 1 heterocycles. The number of halogens is 6. The molecular weight excluding hydrogens is 359 g/mol. The van der Waals surface area contributed by atoms with Crippen LogP contribution in [-0.4, -0.2) is 4.98 Å². The normalized spacial score (nSPS) is 13.0. The van der Waals surface area contributed by atoms with Crippen LogP contribution in [0.5, 0.6) is 0 Å². The van der Waals surface area contributed by atoms with E-state index in [0.717, 1.165) is 0 Å². The third kappa shape index (κ3) is 3.09. The lowest BCUT2D eigenvalue weighted by Gasteiger charge is -2.18. The summed E-state index contributed by atoms with van der Waals surface area (Å²) in [7, 11) is 0. The second kappa shape index (κ2) is 5.05. The Balaban J connectivity index is 2.81. The minimum absolute atomic E-state index is 0.215. The van der Waals surface area contributed by atoms with Crippen LogP contribution in [-0.2, 0) is 7.59 Å². The number of rotatable bonds is 0. The zero-order chi connectivity index (χ0) is 13.6. The molecule has 0 aliphatic heterocycles. The molecule has 0 bridgehead atoms. The Morgan fingerprint density at radius 1 is 0.833 bits per heavy atom. The van der Waals surface area contributed by atoms with Gasteiger partial charge in [0.25, 0.3) is 0 Å². The fourth-order valence-electron chi connectivity index (χ4n) is 1.56. The Kier molecular flexibility index (Phi) is 4.14. The molecule has 0 N–H and O–H groups in total. The van der Waals surface area contributed by atoms with Crippen LogP contribution in [0.1, 0.15) is 11.3 Å². The minimum atomic E-state index is -1.67. The SMILES string of the molecule is ClC(Cl)(Cl)c1cc(C(Cl)(Cl)Cl)c2ccccc2n1. The second-order valence-corrected chi connectivity index (χ2v) is 8.13. The largest absolute Gasteiger partial charge is 0.248 e. The monoisotopic (exact) mass is 361 g/mol. The average Bonchev–Trinajstić information content (AvgIpc) is 2.25. The maximum Gasteiger partial charge on any atom is 0.232 e. The summed E-state index contributed by atoms with van der Waals surface area (Å²) >= 11 is 35.3. The smallest absolute Gasteiger partial charge is 0.232 e. The molecule has 1 nitrogen and oxygen atoms in total. The molecule has 0 aliphatic carbocycles. The standard InChI is InChI=1S/C11H5Cl6N/c12-10(13,14)7-5-9(11(15,16)17)18-8-4-2-1-3-6(7)8/h1-5H. The Hall–Kier alpha value is 0.370. The van der Waals surface area contributed by atoms with Crippen LogP contribution in [0, 0.1) is 0 Å². The van der Waals surface area contributed by atoms with Crippen molar-refractivity contribution in [3.8, 4) is 0 Å². The maximum atomic E-state index is 5.93. The van der Waals surface area contributed by atoms with Crippen molar-refractivity contribution >= 4 is 80.5 Å². The van der Waals surface area contributed by atoms with Crippen molar-refractivity contribution in [3.05, 3.63) is 41.6 Å². The molecule has 1 aromatic carbocycles. The topological polar surface area (TPSA) is 12.9 Å². The summed E-state index contributed by atoms with van der Waals surface area (Å²) in [6.07, 6.45) is 0. The van der Waals surface area contributed by atoms with E-state index in [-0.39, 0.29) is 5.69 Å². The molecule has 0 spiro atoms. The van der Waals surface area contributed by atoms with E-state index in [4.69, 9.17) is 69.6 Å². The molecule has 7 heteroatoms. The number of nitrogens with zero attached hydrogens (tertiary/aromatic N) is 1. The van der Waals surface area contributed by atoms with Crippen molar-refractivity contribution in [2.24, 2.45) is 0 Å². The highest BCUT2D eigenvalue weighted by Gasteiger charge is 2.31. The Labute approximate surface area is 134 Å². The quantitative estimate of drug-likeness (QED) is 0.532. The van der Waals surface area contributed by atoms with Crippen LogP contribution >= 0.6 is 69.6 Å². The van der Waals surface area contributed by atoms with Crippen molar-refractivity contribution in [1.29, 1.82) is 0 Å². The van der Waals surface area contributed by atoms with E-state index >= 15 is 0 Å². The summed E-state index contributed by atoms with van der Waals surface area (Å²) < 4.78 is -3.29. The first-order valence-electron chi connectivity index (χ1n) is 4.74. The molecule has 1 aromatic heterocycles. The maximum absolute atomic E-state index is 5.93. The van der Waals surface area contributed by atoms with Crippen molar-refractivity contribution in [3.63, 3.8) is 0 Å². The van der Waals surface area contributed by atoms with E-state index in [9.17, 15) is 0 Å². The molecule has 0 saturated heterocycles. The molecule has 18 heavy (non-hydrogen) atoms. The minimum Gasteiger partial charge on any atom is -0.248 e. The number of para-hydroxylation sites is 1. The Morgan fingerprint density at radius 3 is 2.00 bits per heavy atom. The second-order valence-electron chi connectivity index (χ2n) is 3.57. The summed E-state index contributed by atoms with van der Waals surface area (Å²) in [4.78, 5) is 4.25. The van der Waals surface area contributed by atoms with Gasteiger partial charge in [-0.1, -0.05) is 87.8 Å². The van der Waals surface area contributed by atoms with Crippen molar-refractivity contribution < 1.29 is 0 Å². The number of alkyl halides is 6. The van der Waals surface area contributed by atoms with Gasteiger partial charge >= 0.3 is 0 Å². The first kappa shape index (κ1) is 14.8. The lowest BCUT2D eigenvalue weighted by atomic mass is 10.1. The number of fused-ring (bicyclic) bond motifs is 1. The van der Waals surface area contributed by atoms with E-state index in [0.29, 0.717) is 16.5 Å². The summed E-state index contributed by atoms with van der Waals surface area (Å²) in [5, 5.41) is 0.704. The van der Waals surface area contributed by atoms with Crippen LogP contribution < -0.4 is 0 Å². The Morgan fingerprint density at radius 2 is 1.44 bits per heavy atom. The van der Waals surface area contributed by atoms with Gasteiger partial charge in [0.2, 0.25) is 7.59 Å². The van der Waals surface area contributed by atoms with E-state index < -0.39 is 7.59 Å². The number of benzene rings is 1. The van der Waals surface area contributed by atoms with Gasteiger partial charge in [-0.05, 0) is 12.1 Å². The molecular formula is C11H5Cl6N. The average molecular weight is 364 g/mol. The van der Waals surface area contributed by atoms with E-state index in [1.807, 2.05) is 6.07 Å². The van der Waals surface area contributed by atoms with Crippen LogP contribution in [0.25, 0.3) is 10.9 Å². The number of aromatic nitrogens is 1. The van der Waals surface area contributed by atoms with Gasteiger partial charge in [-0.3, -0.25) is 0 Å². The zero-order valence-electron chi connectivity index (χ0n) is 8.60. The lowest BCUT2D eigenvalue weighted by molar-refractivity contribution is 1.09. The molecule has 96 valence electrons. The van der Waals surface area contributed by atoms with Crippen molar-refractivity contribution in [2.45, 2.75) is 7.59 Å². The summed E-state index contributed by atoms with van der Waals surface area (Å²) in [5.74, 6) is 0. The zero-order valence-corrected chi connectivity index (χ0v) is 13.1. The molecule has 2 aromatic rings. The molecule has 0 saturated carbocycles. The van der Waals surface area contributed by atoms with Gasteiger partial charge in [-0.25, -0.2) is 4.98 Å². The predicted molar refractivity (Wildman–Crippen MR) is 80.2 cm³/mol. The molecule has 0 unspecified atom stereocenters. The van der Waals surface area contributed by atoms with Gasteiger partial charge in [0.1, 0.15) is 0 Å². The molecule has 0 radical (unpaired) electrons. The fraction of sp³-hybridized carbons (Fsp3) is 0.182. The van der Waals surface area contributed by atoms with Gasteiger partial charge in [-0.2, -0.15) is 0 Å². The van der Waals surface area contributed by atoms with Crippen LogP contribution in [0.4, 0.5) is 0 Å². The molecule has 0 atom stereocenters. The molecule has 0 aliphatic rings. The van der Waals surface area contributed by atoms with Gasteiger partial charge < -0.3 is 0 Å².